The second-order valence-corrected chi connectivity index (χ2v) is 8.64. The molecule has 4 aromatic rings. The summed E-state index contributed by atoms with van der Waals surface area (Å²) in [4.78, 5) is 23.3. The molecule has 158 valence electrons. The summed E-state index contributed by atoms with van der Waals surface area (Å²) in [6.45, 7) is 0. The Kier molecular flexibility index (Phi) is 5.03. The molecule has 1 heterocycles. The van der Waals surface area contributed by atoms with E-state index >= 15 is 0 Å². The quantitative estimate of drug-likeness (QED) is 0.333. The summed E-state index contributed by atoms with van der Waals surface area (Å²) < 4.78 is 34.0. The van der Waals surface area contributed by atoms with Crippen molar-refractivity contribution in [2.45, 2.75) is 4.90 Å². The molecule has 0 saturated carbocycles. The van der Waals surface area contributed by atoms with E-state index in [1.165, 1.54) is 29.9 Å². The number of hydrogen-bond donors (Lipinski definition) is 0. The van der Waals surface area contributed by atoms with Crippen molar-refractivity contribution in [2.24, 2.45) is 0 Å². The van der Waals surface area contributed by atoms with Gasteiger partial charge in [-0.25, -0.2) is 13.2 Å². The summed E-state index contributed by atoms with van der Waals surface area (Å²) in [5, 5.41) is 11.4. The smallest absolute Gasteiger partial charge is 0.347 e. The van der Waals surface area contributed by atoms with Gasteiger partial charge in [0, 0.05) is 11.1 Å². The van der Waals surface area contributed by atoms with Crippen LogP contribution in [0.5, 0.6) is 5.75 Å². The van der Waals surface area contributed by atoms with E-state index in [1.54, 1.807) is 30.3 Å². The lowest BCUT2D eigenvalue weighted by Gasteiger charge is -2.10. The van der Waals surface area contributed by atoms with Gasteiger partial charge in [-0.05, 0) is 36.4 Å². The van der Waals surface area contributed by atoms with Gasteiger partial charge in [-0.15, -0.1) is 0 Å². The summed E-state index contributed by atoms with van der Waals surface area (Å²) in [5.41, 5.74) is -0.360. The highest BCUT2D eigenvalue weighted by Crippen LogP contribution is 2.31. The van der Waals surface area contributed by atoms with E-state index in [4.69, 9.17) is 16.3 Å². The van der Waals surface area contributed by atoms with Crippen molar-refractivity contribution in [3.8, 4) is 11.4 Å². The predicted octanol–water partition coefficient (Wildman–Crippen LogP) is 3.60. The zero-order valence-electron chi connectivity index (χ0n) is 15.9. The van der Waals surface area contributed by atoms with Crippen LogP contribution in [0.15, 0.2) is 76.4 Å². The number of ether oxygens (including phenoxy) is 1. The van der Waals surface area contributed by atoms with Crippen LogP contribution in [0.4, 0.5) is 5.69 Å². The van der Waals surface area contributed by atoms with E-state index in [0.717, 1.165) is 18.2 Å². The number of nitro groups is 1. The molecule has 0 saturated heterocycles. The Hall–Kier alpha value is -3.63. The van der Waals surface area contributed by atoms with Crippen LogP contribution in [0.2, 0.25) is 5.02 Å². The Bertz CT molecular complexity index is 1490. The van der Waals surface area contributed by atoms with Gasteiger partial charge in [-0.3, -0.25) is 14.7 Å². The minimum atomic E-state index is -4.49. The van der Waals surface area contributed by atoms with Gasteiger partial charge in [0.15, 0.2) is 0 Å². The zero-order chi connectivity index (χ0) is 22.3. The standard InChI is InChI=1S/C20H14ClN3O6S/c1-30-18-12-15(24(26)27)8-10-19(18)31(28,29)23-16-9-7-13(21)11-17(16)22(20(23)25)14-5-3-2-4-6-14/h2-12H,1H3. The van der Waals surface area contributed by atoms with E-state index < -0.39 is 20.6 Å². The number of methoxy groups -OCH3 is 1. The second kappa shape index (κ2) is 7.56. The third-order valence-corrected chi connectivity index (χ3v) is 6.61. The minimum absolute atomic E-state index is 0.0960. The number of non-ortho nitro benzene ring substituents is 1. The number of para-hydroxylation sites is 1. The van der Waals surface area contributed by atoms with Crippen LogP contribution in [0.3, 0.4) is 0 Å². The molecule has 0 amide bonds. The number of rotatable bonds is 5. The van der Waals surface area contributed by atoms with E-state index in [2.05, 4.69) is 0 Å². The lowest BCUT2D eigenvalue weighted by molar-refractivity contribution is -0.385. The SMILES string of the molecule is COc1cc([N+](=O)[O-])ccc1S(=O)(=O)n1c(=O)n(-c2ccccc2)c2cc(Cl)ccc21. The van der Waals surface area contributed by atoms with Gasteiger partial charge in [0.1, 0.15) is 10.6 Å². The third kappa shape index (κ3) is 3.35. The molecule has 31 heavy (non-hydrogen) atoms. The Labute approximate surface area is 180 Å². The topological polar surface area (TPSA) is 113 Å². The third-order valence-electron chi connectivity index (χ3n) is 4.65. The number of hydrogen-bond acceptors (Lipinski definition) is 6. The fourth-order valence-corrected chi connectivity index (χ4v) is 4.98. The van der Waals surface area contributed by atoms with Crippen molar-refractivity contribution in [1.82, 2.24) is 8.54 Å². The first-order chi connectivity index (χ1) is 14.8. The lowest BCUT2D eigenvalue weighted by atomic mass is 10.3. The molecule has 0 N–H and O–H groups in total. The van der Waals surface area contributed by atoms with Crippen LogP contribution in [-0.2, 0) is 10.0 Å². The molecule has 0 aliphatic heterocycles. The van der Waals surface area contributed by atoms with Gasteiger partial charge in [-0.2, -0.15) is 3.97 Å². The molecule has 0 atom stereocenters. The maximum atomic E-state index is 13.5. The minimum Gasteiger partial charge on any atom is -0.495 e. The fourth-order valence-electron chi connectivity index (χ4n) is 3.28. The molecule has 4 rings (SSSR count). The maximum absolute atomic E-state index is 13.5. The first-order valence-corrected chi connectivity index (χ1v) is 10.6. The maximum Gasteiger partial charge on any atom is 0.347 e. The number of fused-ring (bicyclic) bond motifs is 1. The van der Waals surface area contributed by atoms with Crippen LogP contribution in [-0.4, -0.2) is 29.0 Å². The second-order valence-electron chi connectivity index (χ2n) is 6.45. The normalized spacial score (nSPS) is 11.5. The Balaban J connectivity index is 2.07. The molecule has 0 fully saturated rings. The number of halogens is 1. The predicted molar refractivity (Wildman–Crippen MR) is 115 cm³/mol. The first kappa shape index (κ1) is 20.6. The first-order valence-electron chi connectivity index (χ1n) is 8.82. The van der Waals surface area contributed by atoms with Gasteiger partial charge < -0.3 is 4.74 Å². The van der Waals surface area contributed by atoms with Crippen molar-refractivity contribution in [3.63, 3.8) is 0 Å². The van der Waals surface area contributed by atoms with Crippen LogP contribution in [0.1, 0.15) is 0 Å². The van der Waals surface area contributed by atoms with Gasteiger partial charge in [0.05, 0.1) is 34.8 Å². The van der Waals surface area contributed by atoms with Crippen LogP contribution in [0.25, 0.3) is 16.7 Å². The summed E-state index contributed by atoms with van der Waals surface area (Å²) in [5.74, 6) is -0.254. The van der Waals surface area contributed by atoms with Gasteiger partial charge >= 0.3 is 5.69 Å². The number of benzene rings is 3. The van der Waals surface area contributed by atoms with E-state index in [9.17, 15) is 23.3 Å². The number of nitro benzene ring substituents is 1. The van der Waals surface area contributed by atoms with Crippen molar-refractivity contribution >= 4 is 38.3 Å². The number of imidazole rings is 1. The molecule has 11 heteroatoms. The van der Waals surface area contributed by atoms with Crippen molar-refractivity contribution in [1.29, 1.82) is 0 Å². The highest BCUT2D eigenvalue weighted by molar-refractivity contribution is 7.90. The van der Waals surface area contributed by atoms with E-state index in [0.29, 0.717) is 14.7 Å². The van der Waals surface area contributed by atoms with Crippen molar-refractivity contribution in [2.75, 3.05) is 7.11 Å². The molecular formula is C20H14ClN3O6S. The van der Waals surface area contributed by atoms with E-state index in [-0.39, 0.29) is 27.4 Å². The zero-order valence-corrected chi connectivity index (χ0v) is 17.5. The van der Waals surface area contributed by atoms with Crippen molar-refractivity contribution in [3.05, 3.63) is 92.4 Å². The van der Waals surface area contributed by atoms with Crippen LogP contribution < -0.4 is 10.4 Å². The van der Waals surface area contributed by atoms with Gasteiger partial charge in [0.2, 0.25) is 0 Å². The highest BCUT2D eigenvalue weighted by atomic mass is 35.5. The Morgan fingerprint density at radius 2 is 1.71 bits per heavy atom. The average Bonchev–Trinajstić information content (AvgIpc) is 3.05. The van der Waals surface area contributed by atoms with E-state index in [1.807, 2.05) is 0 Å². The summed E-state index contributed by atoms with van der Waals surface area (Å²) >= 11 is 6.11. The van der Waals surface area contributed by atoms with Crippen molar-refractivity contribution < 1.29 is 18.1 Å². The molecule has 3 aromatic carbocycles. The number of nitrogens with zero attached hydrogens (tertiary/aromatic N) is 3. The average molecular weight is 460 g/mol. The molecule has 9 nitrogen and oxygen atoms in total. The van der Waals surface area contributed by atoms with Gasteiger partial charge in [0.25, 0.3) is 15.7 Å². The molecule has 0 aliphatic rings. The molecule has 0 spiro atoms. The fraction of sp³-hybridized carbons (Fsp3) is 0.0500. The van der Waals surface area contributed by atoms with Gasteiger partial charge in [-0.1, -0.05) is 29.8 Å². The Morgan fingerprint density at radius 1 is 1.00 bits per heavy atom. The molecular weight excluding hydrogens is 446 g/mol. The molecule has 0 unspecified atom stereocenters. The molecule has 0 radical (unpaired) electrons. The molecule has 0 aliphatic carbocycles. The monoisotopic (exact) mass is 459 g/mol. The lowest BCUT2D eigenvalue weighted by Crippen LogP contribution is -2.29. The molecule has 1 aromatic heterocycles. The Morgan fingerprint density at radius 3 is 2.35 bits per heavy atom. The largest absolute Gasteiger partial charge is 0.495 e. The number of aromatic nitrogens is 2. The summed E-state index contributed by atoms with van der Waals surface area (Å²) in [6, 6.07) is 16.0. The van der Waals surface area contributed by atoms with Crippen LogP contribution in [0, 0.1) is 10.1 Å². The summed E-state index contributed by atoms with van der Waals surface area (Å²) in [6.07, 6.45) is 0. The summed E-state index contributed by atoms with van der Waals surface area (Å²) in [7, 11) is -3.30. The highest BCUT2D eigenvalue weighted by Gasteiger charge is 2.30. The van der Waals surface area contributed by atoms with Crippen LogP contribution >= 0.6 is 11.6 Å². The molecule has 0 bridgehead atoms.